The molecule has 0 aromatic heterocycles. The van der Waals surface area contributed by atoms with Crippen molar-refractivity contribution < 1.29 is 23.0 Å². The highest BCUT2D eigenvalue weighted by Gasteiger charge is 2.32. The molecule has 7 nitrogen and oxygen atoms in total. The monoisotopic (exact) mass is 398 g/mol. The maximum absolute atomic E-state index is 12.6. The molecule has 0 saturated heterocycles. The minimum absolute atomic E-state index is 0.0608. The van der Waals surface area contributed by atoms with E-state index in [2.05, 4.69) is 25.7 Å². The van der Waals surface area contributed by atoms with Gasteiger partial charge in [-0.15, -0.1) is 0 Å². The van der Waals surface area contributed by atoms with Gasteiger partial charge in [-0.25, -0.2) is 4.79 Å². The molecule has 1 atom stereocenters. The number of hydrogen-bond acceptors (Lipinski definition) is 4. The van der Waals surface area contributed by atoms with E-state index in [0.29, 0.717) is 30.6 Å². The summed E-state index contributed by atoms with van der Waals surface area (Å²) in [6, 6.07) is 4.97. The third-order valence-corrected chi connectivity index (χ3v) is 4.36. The van der Waals surface area contributed by atoms with Crippen molar-refractivity contribution in [2.24, 2.45) is 10.9 Å². The Morgan fingerprint density at radius 2 is 2.07 bits per heavy atom. The first kappa shape index (κ1) is 21.7. The number of alkyl carbamates (subject to hydrolysis) is 1. The van der Waals surface area contributed by atoms with Crippen LogP contribution in [0.5, 0.6) is 5.75 Å². The van der Waals surface area contributed by atoms with Crippen molar-refractivity contribution in [3.05, 3.63) is 29.3 Å². The van der Waals surface area contributed by atoms with E-state index in [-0.39, 0.29) is 18.3 Å². The highest BCUT2D eigenvalue weighted by molar-refractivity contribution is 5.79. The fraction of sp³-hybridized carbons (Fsp3) is 0.579. The van der Waals surface area contributed by atoms with Crippen LogP contribution in [0.3, 0.4) is 0 Å². The van der Waals surface area contributed by atoms with Crippen molar-refractivity contribution in [1.29, 1.82) is 0 Å². The number of amides is 1. The van der Waals surface area contributed by atoms with E-state index < -0.39 is 12.7 Å². The molecule has 0 bridgehead atoms. The van der Waals surface area contributed by atoms with E-state index in [4.69, 9.17) is 4.74 Å². The Morgan fingerprint density at radius 3 is 2.68 bits per heavy atom. The lowest BCUT2D eigenvalue weighted by Gasteiger charge is -2.20. The summed E-state index contributed by atoms with van der Waals surface area (Å²) in [6.07, 6.45) is 1.68. The molecule has 0 heterocycles. The van der Waals surface area contributed by atoms with Gasteiger partial charge >= 0.3 is 12.7 Å². The number of hydrogen-bond donors (Lipinski definition) is 3. The average Bonchev–Trinajstić information content (AvgIpc) is 3.47. The molecule has 0 spiro atoms. The van der Waals surface area contributed by atoms with Crippen LogP contribution in [0.1, 0.15) is 30.9 Å². The van der Waals surface area contributed by atoms with Gasteiger partial charge in [-0.2, -0.15) is 8.78 Å². The van der Waals surface area contributed by atoms with Gasteiger partial charge in [-0.05, 0) is 38.7 Å². The number of ether oxygens (including phenoxy) is 2. The van der Waals surface area contributed by atoms with Crippen LogP contribution in [-0.4, -0.2) is 44.9 Å². The van der Waals surface area contributed by atoms with Gasteiger partial charge < -0.3 is 25.4 Å². The summed E-state index contributed by atoms with van der Waals surface area (Å²) >= 11 is 0. The van der Waals surface area contributed by atoms with Gasteiger partial charge in [0, 0.05) is 25.7 Å². The molecule has 9 heteroatoms. The first-order valence-corrected chi connectivity index (χ1v) is 9.35. The van der Waals surface area contributed by atoms with Crippen LogP contribution in [0.4, 0.5) is 13.6 Å². The SMILES string of the molecule is CCOC(=O)NC(CNC(=NC)NCc1cc(C)ccc1OC(F)F)C1CC1. The predicted molar refractivity (Wildman–Crippen MR) is 103 cm³/mol. The third kappa shape index (κ3) is 7.21. The molecule has 1 unspecified atom stereocenters. The summed E-state index contributed by atoms with van der Waals surface area (Å²) in [5.74, 6) is 1.04. The molecule has 0 aliphatic heterocycles. The maximum atomic E-state index is 12.6. The van der Waals surface area contributed by atoms with E-state index in [1.165, 1.54) is 6.07 Å². The predicted octanol–water partition coefficient (Wildman–Crippen LogP) is 2.79. The number of aryl methyl sites for hydroxylation is 1. The largest absolute Gasteiger partial charge is 0.450 e. The minimum Gasteiger partial charge on any atom is -0.450 e. The Bertz CT molecular complexity index is 681. The number of nitrogens with zero attached hydrogens (tertiary/aromatic N) is 1. The normalized spacial score (nSPS) is 15.1. The number of carbonyl (C=O) groups excluding carboxylic acids is 1. The molecule has 1 amide bonds. The molecule has 1 aliphatic carbocycles. The van der Waals surface area contributed by atoms with E-state index in [9.17, 15) is 13.6 Å². The quantitative estimate of drug-likeness (QED) is 0.440. The highest BCUT2D eigenvalue weighted by atomic mass is 19.3. The second kappa shape index (κ2) is 10.7. The lowest BCUT2D eigenvalue weighted by atomic mass is 10.1. The van der Waals surface area contributed by atoms with Crippen LogP contribution in [0, 0.1) is 12.8 Å². The zero-order valence-electron chi connectivity index (χ0n) is 16.4. The Labute approximate surface area is 163 Å². The second-order valence-electron chi connectivity index (χ2n) is 6.61. The van der Waals surface area contributed by atoms with Crippen LogP contribution in [0.25, 0.3) is 0 Å². The van der Waals surface area contributed by atoms with Gasteiger partial charge in [-0.1, -0.05) is 17.7 Å². The molecule has 1 saturated carbocycles. The first-order valence-electron chi connectivity index (χ1n) is 9.35. The highest BCUT2D eigenvalue weighted by Crippen LogP contribution is 2.32. The standard InChI is InChI=1S/C19H28F2N4O3/c1-4-27-19(26)25-15(13-6-7-13)11-24-18(22-3)23-10-14-9-12(2)5-8-16(14)28-17(20)21/h5,8-9,13,15,17H,4,6-7,10-11H2,1-3H3,(H,25,26)(H2,22,23,24). The molecule has 0 radical (unpaired) electrons. The number of aliphatic imine (C=N–C) groups is 1. The lowest BCUT2D eigenvalue weighted by Crippen LogP contribution is -2.48. The van der Waals surface area contributed by atoms with Crippen molar-refractivity contribution in [3.63, 3.8) is 0 Å². The molecule has 28 heavy (non-hydrogen) atoms. The van der Waals surface area contributed by atoms with Gasteiger partial charge in [0.1, 0.15) is 5.75 Å². The van der Waals surface area contributed by atoms with Crippen LogP contribution < -0.4 is 20.7 Å². The fourth-order valence-electron chi connectivity index (χ4n) is 2.82. The first-order chi connectivity index (χ1) is 13.4. The molecule has 1 aromatic carbocycles. The Kier molecular flexibility index (Phi) is 8.28. The summed E-state index contributed by atoms with van der Waals surface area (Å²) in [6.45, 7) is 1.82. The lowest BCUT2D eigenvalue weighted by molar-refractivity contribution is -0.0504. The number of carbonyl (C=O) groups is 1. The minimum atomic E-state index is -2.88. The third-order valence-electron chi connectivity index (χ3n) is 4.36. The number of halogens is 2. The topological polar surface area (TPSA) is 84.0 Å². The molecule has 156 valence electrons. The molecule has 3 N–H and O–H groups in total. The number of alkyl halides is 2. The van der Waals surface area contributed by atoms with E-state index in [1.807, 2.05) is 6.92 Å². The van der Waals surface area contributed by atoms with Crippen molar-refractivity contribution in [3.8, 4) is 5.75 Å². The van der Waals surface area contributed by atoms with Gasteiger partial charge in [0.05, 0.1) is 12.6 Å². The van der Waals surface area contributed by atoms with E-state index in [0.717, 1.165) is 18.4 Å². The van der Waals surface area contributed by atoms with Crippen LogP contribution >= 0.6 is 0 Å². The molecule has 1 aliphatic rings. The van der Waals surface area contributed by atoms with Gasteiger partial charge in [0.15, 0.2) is 5.96 Å². The van der Waals surface area contributed by atoms with Crippen molar-refractivity contribution >= 4 is 12.1 Å². The summed E-state index contributed by atoms with van der Waals surface area (Å²) in [7, 11) is 1.62. The molecular weight excluding hydrogens is 370 g/mol. The van der Waals surface area contributed by atoms with Crippen LogP contribution in [0.2, 0.25) is 0 Å². The second-order valence-corrected chi connectivity index (χ2v) is 6.61. The number of nitrogens with one attached hydrogen (secondary N) is 3. The van der Waals surface area contributed by atoms with Crippen molar-refractivity contribution in [1.82, 2.24) is 16.0 Å². The average molecular weight is 398 g/mol. The smallest absolute Gasteiger partial charge is 0.407 e. The summed E-state index contributed by atoms with van der Waals surface area (Å²) < 4.78 is 34.7. The van der Waals surface area contributed by atoms with E-state index >= 15 is 0 Å². The van der Waals surface area contributed by atoms with Crippen LogP contribution in [0.15, 0.2) is 23.2 Å². The fourth-order valence-corrected chi connectivity index (χ4v) is 2.82. The van der Waals surface area contributed by atoms with Crippen molar-refractivity contribution in [2.75, 3.05) is 20.2 Å². The number of benzene rings is 1. The zero-order chi connectivity index (χ0) is 20.5. The van der Waals surface area contributed by atoms with Gasteiger partial charge in [0.2, 0.25) is 0 Å². The maximum Gasteiger partial charge on any atom is 0.407 e. The van der Waals surface area contributed by atoms with Gasteiger partial charge in [0.25, 0.3) is 0 Å². The Hall–Kier alpha value is -2.58. The van der Waals surface area contributed by atoms with Gasteiger partial charge in [-0.3, -0.25) is 4.99 Å². The Morgan fingerprint density at radius 1 is 1.32 bits per heavy atom. The molecule has 1 aromatic rings. The van der Waals surface area contributed by atoms with E-state index in [1.54, 1.807) is 26.1 Å². The van der Waals surface area contributed by atoms with Crippen molar-refractivity contribution in [2.45, 2.75) is 45.9 Å². The summed E-state index contributed by atoms with van der Waals surface area (Å²) in [4.78, 5) is 15.8. The summed E-state index contributed by atoms with van der Waals surface area (Å²) in [5, 5.41) is 9.11. The van der Waals surface area contributed by atoms with Crippen LogP contribution in [-0.2, 0) is 11.3 Å². The molecule has 2 rings (SSSR count). The number of rotatable bonds is 9. The zero-order valence-corrected chi connectivity index (χ0v) is 16.4. The summed E-state index contributed by atoms with van der Waals surface area (Å²) in [5.41, 5.74) is 1.54. The molecule has 1 fully saturated rings. The molecular formula is C19H28F2N4O3. The number of guanidine groups is 1. The Balaban J connectivity index is 1.90.